The molecule has 0 aromatic heterocycles. The van der Waals surface area contributed by atoms with Crippen LogP contribution in [0.25, 0.3) is 0 Å². The Balaban J connectivity index is 2.45. The van der Waals surface area contributed by atoms with E-state index in [9.17, 15) is 9.90 Å². The largest absolute Gasteiger partial charge is 0.508 e. The molecule has 0 fully saturated rings. The van der Waals surface area contributed by atoms with Gasteiger partial charge in [0.2, 0.25) is 6.08 Å². The van der Waals surface area contributed by atoms with Crippen molar-refractivity contribution in [3.63, 3.8) is 0 Å². The van der Waals surface area contributed by atoms with Crippen molar-refractivity contribution in [3.8, 4) is 5.75 Å². The number of aromatic hydroxyl groups is 1. The fourth-order valence-electron chi connectivity index (χ4n) is 1.59. The van der Waals surface area contributed by atoms with Crippen LogP contribution in [0.2, 0.25) is 0 Å². The Hall–Kier alpha value is -1.64. The number of carbonyl (C=O) groups excluding carboxylic acids is 1. The van der Waals surface area contributed by atoms with Crippen LogP contribution in [0.4, 0.5) is 0 Å². The molecule has 0 saturated heterocycles. The Bertz CT molecular complexity index is 408. The summed E-state index contributed by atoms with van der Waals surface area (Å²) in [6.45, 7) is 1.21. The summed E-state index contributed by atoms with van der Waals surface area (Å²) >= 11 is 0. The molecule has 2 rings (SSSR count). The van der Waals surface area contributed by atoms with E-state index in [1.54, 1.807) is 6.07 Å². The van der Waals surface area contributed by atoms with E-state index in [4.69, 9.17) is 4.74 Å². The highest BCUT2D eigenvalue weighted by Gasteiger charge is 2.17. The van der Waals surface area contributed by atoms with Gasteiger partial charge in [-0.3, -0.25) is 0 Å². The first-order valence-electron chi connectivity index (χ1n) is 4.27. The highest BCUT2D eigenvalue weighted by atomic mass is 16.5. The van der Waals surface area contributed by atoms with Crippen molar-refractivity contribution in [3.05, 3.63) is 28.8 Å². The van der Waals surface area contributed by atoms with Crippen molar-refractivity contribution in [2.75, 3.05) is 0 Å². The van der Waals surface area contributed by atoms with Gasteiger partial charge >= 0.3 is 0 Å². The third-order valence-electron chi connectivity index (χ3n) is 2.31. The molecule has 4 nitrogen and oxygen atoms in total. The van der Waals surface area contributed by atoms with E-state index < -0.39 is 0 Å². The van der Waals surface area contributed by atoms with Crippen molar-refractivity contribution in [1.29, 1.82) is 0 Å². The molecule has 0 saturated carbocycles. The van der Waals surface area contributed by atoms with Crippen molar-refractivity contribution in [1.82, 2.24) is 0 Å². The summed E-state index contributed by atoms with van der Waals surface area (Å²) in [5, 5.41) is 9.56. The minimum atomic E-state index is 0.160. The van der Waals surface area contributed by atoms with E-state index in [0.717, 1.165) is 11.1 Å². The van der Waals surface area contributed by atoms with Gasteiger partial charge in [-0.25, -0.2) is 9.79 Å². The zero-order valence-electron chi connectivity index (χ0n) is 7.49. The number of hydrogen-bond acceptors (Lipinski definition) is 4. The number of ether oxygens (including phenoxy) is 1. The summed E-state index contributed by atoms with van der Waals surface area (Å²) in [5.41, 5.74) is 2.67. The van der Waals surface area contributed by atoms with Crippen LogP contribution in [0.3, 0.4) is 0 Å². The van der Waals surface area contributed by atoms with Gasteiger partial charge in [0.05, 0.1) is 19.8 Å². The molecule has 0 atom stereocenters. The number of benzene rings is 1. The predicted molar refractivity (Wildman–Crippen MR) is 48.4 cm³/mol. The van der Waals surface area contributed by atoms with E-state index in [1.165, 1.54) is 6.08 Å². The number of hydrogen-bond donors (Lipinski definition) is 1. The Morgan fingerprint density at radius 3 is 3.14 bits per heavy atom. The summed E-state index contributed by atoms with van der Waals surface area (Å²) in [4.78, 5) is 13.4. The highest BCUT2D eigenvalue weighted by molar-refractivity contribution is 5.46. The fraction of sp³-hybridized carbons (Fsp3) is 0.300. The second-order valence-corrected chi connectivity index (χ2v) is 3.10. The first kappa shape index (κ1) is 8.94. The third kappa shape index (κ3) is 1.41. The molecule has 1 heterocycles. The molecule has 0 amide bonds. The molecule has 0 aliphatic carbocycles. The van der Waals surface area contributed by atoms with Crippen LogP contribution in [-0.2, 0) is 29.3 Å². The van der Waals surface area contributed by atoms with E-state index in [-0.39, 0.29) is 12.3 Å². The van der Waals surface area contributed by atoms with Gasteiger partial charge < -0.3 is 9.84 Å². The molecule has 1 aromatic carbocycles. The maximum absolute atomic E-state index is 9.99. The molecule has 1 aromatic rings. The smallest absolute Gasteiger partial charge is 0.235 e. The van der Waals surface area contributed by atoms with Crippen LogP contribution in [0.1, 0.15) is 16.7 Å². The average molecular weight is 191 g/mol. The number of fused-ring (bicyclic) bond motifs is 1. The molecule has 1 aliphatic rings. The maximum Gasteiger partial charge on any atom is 0.235 e. The number of rotatable bonds is 2. The first-order valence-corrected chi connectivity index (χ1v) is 4.27. The summed E-state index contributed by atoms with van der Waals surface area (Å²) in [6.07, 6.45) is 1.46. The maximum atomic E-state index is 9.99. The lowest BCUT2D eigenvalue weighted by molar-refractivity contribution is 0.134. The van der Waals surface area contributed by atoms with Crippen LogP contribution in [0.5, 0.6) is 5.75 Å². The number of nitrogens with zero attached hydrogens (tertiary/aromatic N) is 1. The molecule has 0 bridgehead atoms. The Morgan fingerprint density at radius 1 is 1.50 bits per heavy atom. The quantitative estimate of drug-likeness (QED) is 0.565. The monoisotopic (exact) mass is 191 g/mol. The summed E-state index contributed by atoms with van der Waals surface area (Å²) < 4.78 is 5.24. The molecule has 0 unspecified atom stereocenters. The minimum absolute atomic E-state index is 0.160. The van der Waals surface area contributed by atoms with Gasteiger partial charge in [0.1, 0.15) is 5.75 Å². The zero-order chi connectivity index (χ0) is 9.97. The first-order chi connectivity index (χ1) is 6.83. The van der Waals surface area contributed by atoms with Gasteiger partial charge in [0, 0.05) is 5.56 Å². The van der Waals surface area contributed by atoms with Crippen molar-refractivity contribution in [2.45, 2.75) is 19.8 Å². The summed E-state index contributed by atoms with van der Waals surface area (Å²) in [7, 11) is 0. The zero-order valence-corrected chi connectivity index (χ0v) is 7.49. The van der Waals surface area contributed by atoms with Gasteiger partial charge in [0.25, 0.3) is 0 Å². The van der Waals surface area contributed by atoms with E-state index in [2.05, 4.69) is 4.99 Å². The average Bonchev–Trinajstić information content (AvgIpc) is 2.64. The normalized spacial score (nSPS) is 13.4. The highest BCUT2D eigenvalue weighted by Crippen LogP contribution is 2.30. The van der Waals surface area contributed by atoms with Crippen LogP contribution < -0.4 is 0 Å². The van der Waals surface area contributed by atoms with Crippen LogP contribution in [-0.4, -0.2) is 11.2 Å². The predicted octanol–water partition coefficient (Wildman–Crippen LogP) is 1.26. The van der Waals surface area contributed by atoms with Crippen LogP contribution in [0.15, 0.2) is 17.1 Å². The van der Waals surface area contributed by atoms with Gasteiger partial charge in [-0.2, -0.15) is 0 Å². The molecular weight excluding hydrogens is 182 g/mol. The van der Waals surface area contributed by atoms with Crippen LogP contribution >= 0.6 is 0 Å². The molecule has 1 aliphatic heterocycles. The van der Waals surface area contributed by atoms with Gasteiger partial charge in [0.15, 0.2) is 0 Å². The lowest BCUT2D eigenvalue weighted by atomic mass is 10.0. The molecule has 4 heteroatoms. The second kappa shape index (κ2) is 3.62. The third-order valence-corrected chi connectivity index (χ3v) is 2.31. The molecule has 0 spiro atoms. The lowest BCUT2D eigenvalue weighted by Crippen LogP contribution is -1.92. The van der Waals surface area contributed by atoms with E-state index in [1.807, 2.05) is 6.07 Å². The standard InChI is InChI=1S/C10H9NO3/c12-6-11-3-8-9-5-14-4-7(9)1-2-10(8)13/h1-2,13H,3-5H2. The van der Waals surface area contributed by atoms with Gasteiger partial charge in [-0.05, 0) is 17.2 Å². The summed E-state index contributed by atoms with van der Waals surface area (Å²) in [6, 6.07) is 3.43. The van der Waals surface area contributed by atoms with Crippen molar-refractivity contribution >= 4 is 6.08 Å². The van der Waals surface area contributed by atoms with Gasteiger partial charge in [-0.15, -0.1) is 0 Å². The molecular formula is C10H9NO3. The molecule has 0 radical (unpaired) electrons. The topological polar surface area (TPSA) is 58.9 Å². The SMILES string of the molecule is O=C=NCc1c(O)ccc2c1COC2. The molecule has 1 N–H and O–H groups in total. The van der Waals surface area contributed by atoms with Crippen LogP contribution in [0, 0.1) is 0 Å². The van der Waals surface area contributed by atoms with Gasteiger partial charge in [-0.1, -0.05) is 6.07 Å². The molecule has 72 valence electrons. The number of phenols is 1. The summed E-state index contributed by atoms with van der Waals surface area (Å²) in [5.74, 6) is 0.160. The Kier molecular flexibility index (Phi) is 2.31. The lowest BCUT2D eigenvalue weighted by Gasteiger charge is -2.05. The molecule has 14 heavy (non-hydrogen) atoms. The number of phenolic OH excluding ortho intramolecular Hbond substituents is 1. The second-order valence-electron chi connectivity index (χ2n) is 3.10. The van der Waals surface area contributed by atoms with E-state index in [0.29, 0.717) is 18.8 Å². The fourth-order valence-corrected chi connectivity index (χ4v) is 1.59. The van der Waals surface area contributed by atoms with Crippen molar-refractivity contribution in [2.24, 2.45) is 4.99 Å². The Labute approximate surface area is 80.8 Å². The Morgan fingerprint density at radius 2 is 2.36 bits per heavy atom. The van der Waals surface area contributed by atoms with E-state index >= 15 is 0 Å². The van der Waals surface area contributed by atoms with Crippen molar-refractivity contribution < 1.29 is 14.6 Å². The minimum Gasteiger partial charge on any atom is -0.508 e. The number of isocyanates is 1. The number of aliphatic imine (C=N–C) groups is 1.